The van der Waals surface area contributed by atoms with Gasteiger partial charge in [0, 0.05) is 10.5 Å². The Bertz CT molecular complexity index is 573. The van der Waals surface area contributed by atoms with Crippen LogP contribution < -0.4 is 5.73 Å². The number of hydrogen-bond acceptors (Lipinski definition) is 5. The van der Waals surface area contributed by atoms with Crippen LogP contribution in [0.2, 0.25) is 0 Å². The molecule has 3 rings (SSSR count). The second-order valence-electron chi connectivity index (χ2n) is 5.21. The van der Waals surface area contributed by atoms with E-state index < -0.39 is 5.54 Å². The lowest BCUT2D eigenvalue weighted by Crippen LogP contribution is -2.35. The van der Waals surface area contributed by atoms with E-state index in [1.807, 2.05) is 19.1 Å². The average molecular weight is 275 g/mol. The fourth-order valence-corrected chi connectivity index (χ4v) is 2.57. The second-order valence-corrected chi connectivity index (χ2v) is 6.09. The zero-order valence-corrected chi connectivity index (χ0v) is 11.9. The molecule has 2 N–H and O–H groups in total. The minimum Gasteiger partial charge on any atom is -0.337 e. The highest BCUT2D eigenvalue weighted by Crippen LogP contribution is 2.43. The molecule has 4 nitrogen and oxygen atoms in total. The number of thioether (sulfide) groups is 1. The first kappa shape index (κ1) is 12.7. The summed E-state index contributed by atoms with van der Waals surface area (Å²) in [7, 11) is 0. The van der Waals surface area contributed by atoms with Gasteiger partial charge in [0.1, 0.15) is 0 Å². The smallest absolute Gasteiger partial charge is 0.247 e. The van der Waals surface area contributed by atoms with Crippen molar-refractivity contribution in [2.45, 2.75) is 30.2 Å². The maximum absolute atomic E-state index is 6.28. The number of nitrogens with two attached hydrogens (primary N) is 1. The average Bonchev–Trinajstić information content (AvgIpc) is 3.17. The lowest BCUT2D eigenvalue weighted by atomic mass is 9.97. The van der Waals surface area contributed by atoms with Gasteiger partial charge >= 0.3 is 0 Å². The molecule has 0 spiro atoms. The third-order valence-corrected chi connectivity index (χ3v) is 4.40. The molecule has 0 radical (unpaired) electrons. The third-order valence-electron chi connectivity index (χ3n) is 3.66. The van der Waals surface area contributed by atoms with Gasteiger partial charge in [0.15, 0.2) is 0 Å². The van der Waals surface area contributed by atoms with Gasteiger partial charge in [0.05, 0.1) is 5.54 Å². The van der Waals surface area contributed by atoms with Gasteiger partial charge in [-0.25, -0.2) is 0 Å². The molecule has 1 atom stereocenters. The maximum Gasteiger partial charge on any atom is 0.247 e. The number of nitrogens with zero attached hydrogens (tertiary/aromatic N) is 2. The topological polar surface area (TPSA) is 64.9 Å². The molecule has 1 aliphatic carbocycles. The summed E-state index contributed by atoms with van der Waals surface area (Å²) in [6.07, 6.45) is 4.34. The molecule has 0 aliphatic heterocycles. The molecule has 2 aromatic rings. The van der Waals surface area contributed by atoms with Crippen molar-refractivity contribution in [3.05, 3.63) is 30.2 Å². The van der Waals surface area contributed by atoms with E-state index in [2.05, 4.69) is 28.5 Å². The molecule has 5 heteroatoms. The Morgan fingerprint density at radius 3 is 2.58 bits per heavy atom. The molecule has 1 aliphatic rings. The van der Waals surface area contributed by atoms with Gasteiger partial charge in [-0.2, -0.15) is 4.98 Å². The molecule has 1 fully saturated rings. The summed E-state index contributed by atoms with van der Waals surface area (Å²) in [4.78, 5) is 5.68. The highest BCUT2D eigenvalue weighted by Gasteiger charge is 2.43. The minimum atomic E-state index is -0.496. The Morgan fingerprint density at radius 2 is 2.00 bits per heavy atom. The second kappa shape index (κ2) is 4.65. The van der Waals surface area contributed by atoms with E-state index in [1.165, 1.54) is 4.90 Å². The molecular formula is C14H17N3OS. The van der Waals surface area contributed by atoms with E-state index in [0.29, 0.717) is 17.6 Å². The lowest BCUT2D eigenvalue weighted by Gasteiger charge is -2.18. The first-order chi connectivity index (χ1) is 9.11. The first-order valence-corrected chi connectivity index (χ1v) is 7.61. The zero-order chi connectivity index (χ0) is 13.5. The van der Waals surface area contributed by atoms with E-state index in [0.717, 1.165) is 18.4 Å². The molecule has 19 heavy (non-hydrogen) atoms. The van der Waals surface area contributed by atoms with Crippen LogP contribution >= 0.6 is 11.8 Å². The van der Waals surface area contributed by atoms with Crippen molar-refractivity contribution < 1.29 is 4.52 Å². The van der Waals surface area contributed by atoms with E-state index >= 15 is 0 Å². The fraction of sp³-hybridized carbons (Fsp3) is 0.429. The summed E-state index contributed by atoms with van der Waals surface area (Å²) in [6.45, 7) is 1.97. The van der Waals surface area contributed by atoms with Crippen molar-refractivity contribution in [2.75, 3.05) is 6.26 Å². The standard InChI is InChI=1S/C14H17N3OS/c1-14(15,10-5-6-10)13-16-12(17-18-13)9-3-7-11(19-2)8-4-9/h3-4,7-8,10H,5-6,15H2,1-2H3. The van der Waals surface area contributed by atoms with Crippen molar-refractivity contribution in [2.24, 2.45) is 11.7 Å². The monoisotopic (exact) mass is 275 g/mol. The number of aromatic nitrogens is 2. The number of rotatable bonds is 4. The molecule has 0 bridgehead atoms. The molecule has 1 saturated carbocycles. The van der Waals surface area contributed by atoms with Crippen LogP contribution in [0, 0.1) is 5.92 Å². The van der Waals surface area contributed by atoms with Crippen LogP contribution in [0.15, 0.2) is 33.7 Å². The van der Waals surface area contributed by atoms with Crippen LogP contribution in [0.4, 0.5) is 0 Å². The molecule has 1 aromatic carbocycles. The predicted octanol–water partition coefficient (Wildman–Crippen LogP) is 3.04. The molecule has 1 unspecified atom stereocenters. The van der Waals surface area contributed by atoms with Crippen LogP contribution in [-0.4, -0.2) is 16.4 Å². The molecule has 100 valence electrons. The van der Waals surface area contributed by atoms with Crippen LogP contribution in [0.5, 0.6) is 0 Å². The summed E-state index contributed by atoms with van der Waals surface area (Å²) < 4.78 is 5.35. The van der Waals surface area contributed by atoms with Crippen molar-refractivity contribution in [3.8, 4) is 11.4 Å². The van der Waals surface area contributed by atoms with Gasteiger partial charge in [-0.15, -0.1) is 11.8 Å². The van der Waals surface area contributed by atoms with Crippen molar-refractivity contribution >= 4 is 11.8 Å². The van der Waals surface area contributed by atoms with Crippen molar-refractivity contribution in [1.29, 1.82) is 0 Å². The van der Waals surface area contributed by atoms with Gasteiger partial charge < -0.3 is 10.3 Å². The van der Waals surface area contributed by atoms with Gasteiger partial charge in [-0.1, -0.05) is 5.16 Å². The Kier molecular flexibility index (Phi) is 3.11. The van der Waals surface area contributed by atoms with Gasteiger partial charge in [0.25, 0.3) is 0 Å². The largest absolute Gasteiger partial charge is 0.337 e. The van der Waals surface area contributed by atoms with Crippen molar-refractivity contribution in [3.63, 3.8) is 0 Å². The van der Waals surface area contributed by atoms with Crippen molar-refractivity contribution in [1.82, 2.24) is 10.1 Å². The Balaban J connectivity index is 1.87. The minimum absolute atomic E-state index is 0.472. The first-order valence-electron chi connectivity index (χ1n) is 6.39. The van der Waals surface area contributed by atoms with Crippen LogP contribution in [0.3, 0.4) is 0 Å². The number of benzene rings is 1. The molecular weight excluding hydrogens is 258 g/mol. The van der Waals surface area contributed by atoms with Crippen LogP contribution in [0.1, 0.15) is 25.7 Å². The maximum atomic E-state index is 6.28. The SMILES string of the molecule is CSc1ccc(-c2noc(C(C)(N)C3CC3)n2)cc1. The predicted molar refractivity (Wildman–Crippen MR) is 75.8 cm³/mol. The van der Waals surface area contributed by atoms with Gasteiger partial charge in [-0.3, -0.25) is 0 Å². The Hall–Kier alpha value is -1.33. The summed E-state index contributed by atoms with van der Waals surface area (Å²) in [5.41, 5.74) is 6.74. The molecule has 1 heterocycles. The highest BCUT2D eigenvalue weighted by atomic mass is 32.2. The summed E-state index contributed by atoms with van der Waals surface area (Å²) in [5, 5.41) is 4.05. The molecule has 1 aromatic heterocycles. The van der Waals surface area contributed by atoms with E-state index in [4.69, 9.17) is 10.3 Å². The summed E-state index contributed by atoms with van der Waals surface area (Å²) >= 11 is 1.71. The van der Waals surface area contributed by atoms with E-state index in [9.17, 15) is 0 Å². The molecule has 0 saturated heterocycles. The van der Waals surface area contributed by atoms with E-state index in [-0.39, 0.29) is 0 Å². The van der Waals surface area contributed by atoms with Gasteiger partial charge in [0.2, 0.25) is 11.7 Å². The summed E-state index contributed by atoms with van der Waals surface area (Å²) in [5.74, 6) is 1.62. The quantitative estimate of drug-likeness (QED) is 0.869. The van der Waals surface area contributed by atoms with Crippen LogP contribution in [-0.2, 0) is 5.54 Å². The lowest BCUT2D eigenvalue weighted by molar-refractivity contribution is 0.273. The van der Waals surface area contributed by atoms with E-state index in [1.54, 1.807) is 11.8 Å². The summed E-state index contributed by atoms with van der Waals surface area (Å²) in [6, 6.07) is 8.12. The van der Waals surface area contributed by atoms with Gasteiger partial charge in [-0.05, 0) is 56.2 Å². The fourth-order valence-electron chi connectivity index (χ4n) is 2.16. The Labute approximate surface area is 116 Å². The number of hydrogen-bond donors (Lipinski definition) is 1. The third kappa shape index (κ3) is 2.40. The molecule has 0 amide bonds. The normalized spacial score (nSPS) is 18.3. The zero-order valence-electron chi connectivity index (χ0n) is 11.1. The Morgan fingerprint density at radius 1 is 1.32 bits per heavy atom. The van der Waals surface area contributed by atoms with Crippen LogP contribution in [0.25, 0.3) is 11.4 Å². The highest BCUT2D eigenvalue weighted by molar-refractivity contribution is 7.98.